The molecule has 0 aromatic carbocycles. The molecule has 0 aromatic heterocycles. The van der Waals surface area contributed by atoms with Crippen molar-refractivity contribution in [1.29, 1.82) is 0 Å². The number of alkyl halides is 3. The predicted molar refractivity (Wildman–Crippen MR) is 37.7 cm³/mol. The summed E-state index contributed by atoms with van der Waals surface area (Å²) >= 11 is 0. The number of ether oxygens (including phenoxy) is 1. The van der Waals surface area contributed by atoms with Crippen molar-refractivity contribution in [1.82, 2.24) is 0 Å². The second-order valence-electron chi connectivity index (χ2n) is 2.75. The van der Waals surface area contributed by atoms with Crippen LogP contribution in [0.25, 0.3) is 0 Å². The fourth-order valence-corrected chi connectivity index (χ4v) is 0.784. The zero-order valence-corrected chi connectivity index (χ0v) is 7.06. The smallest absolute Gasteiger partial charge is 0.385 e. The molecule has 1 unspecified atom stereocenters. The predicted octanol–water partition coefficient (Wildman–Crippen LogP) is 1.58. The molecule has 0 spiro atoms. The summed E-state index contributed by atoms with van der Waals surface area (Å²) in [6.45, 7) is 1.57. The SMILES string of the molecule is COCCC(C)[C@@H](O)C(F)(F)F. The molecule has 0 fully saturated rings. The highest BCUT2D eigenvalue weighted by Crippen LogP contribution is 2.26. The normalized spacial score (nSPS) is 17.5. The van der Waals surface area contributed by atoms with Gasteiger partial charge in [-0.1, -0.05) is 6.92 Å². The third kappa shape index (κ3) is 3.92. The number of rotatable bonds is 4. The number of hydrogen-bond donors (Lipinski definition) is 1. The molecule has 0 radical (unpaired) electrons. The van der Waals surface area contributed by atoms with Crippen molar-refractivity contribution in [2.75, 3.05) is 13.7 Å². The Balaban J connectivity index is 3.84. The second kappa shape index (κ2) is 4.67. The first-order chi connectivity index (χ1) is 5.39. The molecule has 5 heteroatoms. The summed E-state index contributed by atoms with van der Waals surface area (Å²) in [7, 11) is 1.41. The van der Waals surface area contributed by atoms with E-state index in [1.807, 2.05) is 0 Å². The van der Waals surface area contributed by atoms with Crippen LogP contribution in [0.2, 0.25) is 0 Å². The summed E-state index contributed by atoms with van der Waals surface area (Å²) in [5, 5.41) is 8.70. The molecule has 0 aliphatic carbocycles. The van der Waals surface area contributed by atoms with E-state index in [4.69, 9.17) is 5.11 Å². The standard InChI is InChI=1S/C7H13F3O2/c1-5(3-4-12-2)6(11)7(8,9)10/h5-6,11H,3-4H2,1-2H3/t5?,6-/m1/s1. The van der Waals surface area contributed by atoms with E-state index in [0.29, 0.717) is 0 Å². The van der Waals surface area contributed by atoms with Crippen molar-refractivity contribution in [3.63, 3.8) is 0 Å². The van der Waals surface area contributed by atoms with E-state index in [2.05, 4.69) is 4.74 Å². The van der Waals surface area contributed by atoms with Crippen LogP contribution in [0.1, 0.15) is 13.3 Å². The molecule has 0 bridgehead atoms. The molecule has 1 N–H and O–H groups in total. The number of aliphatic hydroxyl groups excluding tert-OH is 1. The molecular weight excluding hydrogens is 173 g/mol. The maximum Gasteiger partial charge on any atom is 0.414 e. The fraction of sp³-hybridized carbons (Fsp3) is 1.00. The molecular formula is C7H13F3O2. The number of aliphatic hydroxyl groups is 1. The van der Waals surface area contributed by atoms with E-state index in [0.717, 1.165) is 0 Å². The molecule has 0 aliphatic heterocycles. The summed E-state index contributed by atoms with van der Waals surface area (Å²) in [5.41, 5.74) is 0. The summed E-state index contributed by atoms with van der Waals surface area (Å²) in [4.78, 5) is 0. The largest absolute Gasteiger partial charge is 0.414 e. The topological polar surface area (TPSA) is 29.5 Å². The lowest BCUT2D eigenvalue weighted by atomic mass is 10.0. The summed E-state index contributed by atoms with van der Waals surface area (Å²) in [6, 6.07) is 0. The molecule has 2 atom stereocenters. The van der Waals surface area contributed by atoms with E-state index in [1.165, 1.54) is 14.0 Å². The van der Waals surface area contributed by atoms with Crippen molar-refractivity contribution in [3.05, 3.63) is 0 Å². The Kier molecular flexibility index (Phi) is 4.55. The maximum atomic E-state index is 11.8. The van der Waals surface area contributed by atoms with Crippen molar-refractivity contribution < 1.29 is 23.0 Å². The zero-order valence-electron chi connectivity index (χ0n) is 7.06. The van der Waals surface area contributed by atoms with E-state index in [9.17, 15) is 13.2 Å². The molecule has 2 nitrogen and oxygen atoms in total. The highest BCUT2D eigenvalue weighted by molar-refractivity contribution is 4.71. The van der Waals surface area contributed by atoms with Gasteiger partial charge in [0.25, 0.3) is 0 Å². The minimum atomic E-state index is -4.52. The van der Waals surface area contributed by atoms with Crippen LogP contribution in [0.15, 0.2) is 0 Å². The lowest BCUT2D eigenvalue weighted by molar-refractivity contribution is -0.218. The van der Waals surface area contributed by atoms with Crippen molar-refractivity contribution in [3.8, 4) is 0 Å². The van der Waals surface area contributed by atoms with Crippen LogP contribution in [0.5, 0.6) is 0 Å². The first-order valence-electron chi connectivity index (χ1n) is 3.63. The van der Waals surface area contributed by atoms with Crippen LogP contribution in [-0.2, 0) is 4.74 Å². The van der Waals surface area contributed by atoms with E-state index < -0.39 is 18.2 Å². The minimum absolute atomic E-state index is 0.206. The Hall–Kier alpha value is -0.290. The van der Waals surface area contributed by atoms with Crippen molar-refractivity contribution in [2.24, 2.45) is 5.92 Å². The Morgan fingerprint density at radius 1 is 1.42 bits per heavy atom. The van der Waals surface area contributed by atoms with Gasteiger partial charge in [0.1, 0.15) is 0 Å². The number of hydrogen-bond acceptors (Lipinski definition) is 2. The molecule has 0 heterocycles. The van der Waals surface area contributed by atoms with Crippen LogP contribution in [-0.4, -0.2) is 31.1 Å². The third-order valence-corrected chi connectivity index (χ3v) is 1.65. The van der Waals surface area contributed by atoms with Gasteiger partial charge in [-0.2, -0.15) is 13.2 Å². The second-order valence-corrected chi connectivity index (χ2v) is 2.75. The molecule has 0 amide bonds. The zero-order chi connectivity index (χ0) is 9.78. The van der Waals surface area contributed by atoms with Gasteiger partial charge in [0.15, 0.2) is 6.10 Å². The molecule has 0 aromatic rings. The minimum Gasteiger partial charge on any atom is -0.385 e. The summed E-state index contributed by atoms with van der Waals surface area (Å²) < 4.78 is 40.1. The van der Waals surface area contributed by atoms with Gasteiger partial charge in [-0.25, -0.2) is 0 Å². The Bertz CT molecular complexity index is 124. The molecule has 0 aliphatic rings. The summed E-state index contributed by atoms with van der Waals surface area (Å²) in [5.74, 6) is -0.815. The van der Waals surface area contributed by atoms with Crippen LogP contribution < -0.4 is 0 Å². The van der Waals surface area contributed by atoms with Gasteiger partial charge < -0.3 is 9.84 Å². The number of methoxy groups -OCH3 is 1. The highest BCUT2D eigenvalue weighted by atomic mass is 19.4. The monoisotopic (exact) mass is 186 g/mol. The first-order valence-corrected chi connectivity index (χ1v) is 3.63. The third-order valence-electron chi connectivity index (χ3n) is 1.65. The molecule has 12 heavy (non-hydrogen) atoms. The molecule has 0 saturated carbocycles. The van der Waals surface area contributed by atoms with Gasteiger partial charge in [-0.3, -0.25) is 0 Å². The van der Waals surface area contributed by atoms with Crippen molar-refractivity contribution >= 4 is 0 Å². The first kappa shape index (κ1) is 11.7. The van der Waals surface area contributed by atoms with Crippen LogP contribution in [0.4, 0.5) is 13.2 Å². The average molecular weight is 186 g/mol. The van der Waals surface area contributed by atoms with Gasteiger partial charge in [0, 0.05) is 13.7 Å². The quantitative estimate of drug-likeness (QED) is 0.722. The van der Waals surface area contributed by atoms with Gasteiger partial charge >= 0.3 is 6.18 Å². The van der Waals surface area contributed by atoms with Gasteiger partial charge in [-0.05, 0) is 12.3 Å². The Morgan fingerprint density at radius 3 is 2.25 bits per heavy atom. The molecule has 0 rings (SSSR count). The van der Waals surface area contributed by atoms with Gasteiger partial charge in [-0.15, -0.1) is 0 Å². The fourth-order valence-electron chi connectivity index (χ4n) is 0.784. The lowest BCUT2D eigenvalue weighted by Gasteiger charge is -2.20. The summed E-state index contributed by atoms with van der Waals surface area (Å²) in [6.07, 6.45) is -6.56. The Labute approximate surface area is 69.3 Å². The van der Waals surface area contributed by atoms with E-state index >= 15 is 0 Å². The average Bonchev–Trinajstić information content (AvgIpc) is 1.97. The molecule has 74 valence electrons. The number of halogens is 3. The van der Waals surface area contributed by atoms with E-state index in [-0.39, 0.29) is 13.0 Å². The van der Waals surface area contributed by atoms with E-state index in [1.54, 1.807) is 0 Å². The van der Waals surface area contributed by atoms with Gasteiger partial charge in [0.05, 0.1) is 0 Å². The van der Waals surface area contributed by atoms with Gasteiger partial charge in [0.2, 0.25) is 0 Å². The Morgan fingerprint density at radius 2 is 1.92 bits per heavy atom. The van der Waals surface area contributed by atoms with Crippen LogP contribution >= 0.6 is 0 Å². The van der Waals surface area contributed by atoms with Crippen LogP contribution in [0, 0.1) is 5.92 Å². The lowest BCUT2D eigenvalue weighted by Crippen LogP contribution is -2.35. The van der Waals surface area contributed by atoms with Crippen LogP contribution in [0.3, 0.4) is 0 Å². The maximum absolute atomic E-state index is 11.8. The molecule has 0 saturated heterocycles. The van der Waals surface area contributed by atoms with Crippen molar-refractivity contribution in [2.45, 2.75) is 25.6 Å². The highest BCUT2D eigenvalue weighted by Gasteiger charge is 2.41.